The molecule has 0 unspecified atom stereocenters. The summed E-state index contributed by atoms with van der Waals surface area (Å²) in [5.74, 6) is 0.652. The van der Waals surface area contributed by atoms with Crippen molar-refractivity contribution in [2.75, 3.05) is 13.7 Å². The van der Waals surface area contributed by atoms with Gasteiger partial charge in [0.1, 0.15) is 5.75 Å². The van der Waals surface area contributed by atoms with Crippen molar-refractivity contribution in [3.8, 4) is 11.4 Å². The number of aliphatic imine (C=N–C) groups is 1. The first kappa shape index (κ1) is 24.8. The van der Waals surface area contributed by atoms with Crippen LogP contribution in [0.25, 0.3) is 11.8 Å². The molecule has 0 saturated carbocycles. The molecule has 1 fully saturated rings. The number of carbonyl (C=O) groups is 1. The Morgan fingerprint density at radius 1 is 1.09 bits per heavy atom. The first-order chi connectivity index (χ1) is 16.6. The molecule has 1 saturated heterocycles. The van der Waals surface area contributed by atoms with Crippen molar-refractivity contribution in [1.82, 2.24) is 9.47 Å². The van der Waals surface area contributed by atoms with Gasteiger partial charge >= 0.3 is 0 Å². The minimum Gasteiger partial charge on any atom is -0.497 e. The summed E-state index contributed by atoms with van der Waals surface area (Å²) in [5.41, 5.74) is 4.32. The van der Waals surface area contributed by atoms with E-state index in [-0.39, 0.29) is 10.8 Å². The SMILES string of the molecule is CCN1C(=O)/C(=C\c2cc(C)n(-c3ccc(S(N)(=O)=O)cc3)c2C)SC1=Nc1ccc(OC)cc1. The number of sulfonamides is 1. The maximum Gasteiger partial charge on any atom is 0.266 e. The number of benzene rings is 2. The standard InChI is InChI=1S/C25H26N4O4S2/c1-5-28-24(30)23(34-25(28)27-19-6-10-21(33-4)11-7-19)15-18-14-16(2)29(17(18)3)20-8-12-22(13-9-20)35(26,31)32/h6-15H,5H2,1-4H3,(H2,26,31,32)/b23-15+,27-25?. The summed E-state index contributed by atoms with van der Waals surface area (Å²) in [7, 11) is -2.15. The Balaban J connectivity index is 1.66. The van der Waals surface area contributed by atoms with Crippen LogP contribution in [0, 0.1) is 13.8 Å². The predicted molar refractivity (Wildman–Crippen MR) is 140 cm³/mol. The van der Waals surface area contributed by atoms with Gasteiger partial charge in [0.2, 0.25) is 10.0 Å². The van der Waals surface area contributed by atoms with E-state index in [1.807, 2.05) is 61.7 Å². The molecular weight excluding hydrogens is 484 g/mol. The number of nitrogens with zero attached hydrogens (tertiary/aromatic N) is 3. The third-order valence-corrected chi connectivity index (χ3v) is 7.62. The number of amides is 1. The van der Waals surface area contributed by atoms with E-state index in [0.29, 0.717) is 16.6 Å². The smallest absolute Gasteiger partial charge is 0.266 e. The molecule has 1 aromatic heterocycles. The molecule has 1 aliphatic heterocycles. The van der Waals surface area contributed by atoms with Crippen molar-refractivity contribution in [3.05, 3.63) is 76.5 Å². The summed E-state index contributed by atoms with van der Waals surface area (Å²) in [6.45, 7) is 6.34. The molecule has 0 spiro atoms. The number of thioether (sulfide) groups is 1. The van der Waals surface area contributed by atoms with Crippen LogP contribution >= 0.6 is 11.8 Å². The van der Waals surface area contributed by atoms with Crippen molar-refractivity contribution in [1.29, 1.82) is 0 Å². The highest BCUT2D eigenvalue weighted by molar-refractivity contribution is 8.18. The third kappa shape index (κ3) is 5.04. The number of carbonyl (C=O) groups excluding carboxylic acids is 1. The van der Waals surface area contributed by atoms with Gasteiger partial charge in [0, 0.05) is 23.6 Å². The van der Waals surface area contributed by atoms with E-state index in [0.717, 1.165) is 34.1 Å². The van der Waals surface area contributed by atoms with E-state index in [1.54, 1.807) is 24.1 Å². The molecule has 0 bridgehead atoms. The van der Waals surface area contributed by atoms with Crippen LogP contribution in [0.2, 0.25) is 0 Å². The molecule has 3 aromatic rings. The number of hydrogen-bond donors (Lipinski definition) is 1. The van der Waals surface area contributed by atoms with E-state index in [9.17, 15) is 13.2 Å². The number of aromatic nitrogens is 1. The lowest BCUT2D eigenvalue weighted by atomic mass is 10.2. The summed E-state index contributed by atoms with van der Waals surface area (Å²) in [6, 6.07) is 15.8. The van der Waals surface area contributed by atoms with Crippen LogP contribution in [-0.2, 0) is 14.8 Å². The predicted octanol–water partition coefficient (Wildman–Crippen LogP) is 4.37. The van der Waals surface area contributed by atoms with Crippen LogP contribution in [0.4, 0.5) is 5.69 Å². The van der Waals surface area contributed by atoms with Gasteiger partial charge in [-0.25, -0.2) is 18.5 Å². The summed E-state index contributed by atoms with van der Waals surface area (Å²) in [6.07, 6.45) is 1.88. The minimum atomic E-state index is -3.76. The summed E-state index contributed by atoms with van der Waals surface area (Å²) in [5, 5.41) is 5.84. The van der Waals surface area contributed by atoms with Crippen molar-refractivity contribution in [2.24, 2.45) is 10.1 Å². The fourth-order valence-electron chi connectivity index (χ4n) is 3.89. The first-order valence-electron chi connectivity index (χ1n) is 10.9. The first-order valence-corrected chi connectivity index (χ1v) is 13.2. The second kappa shape index (κ2) is 9.73. The van der Waals surface area contributed by atoms with Gasteiger partial charge in [-0.15, -0.1) is 0 Å². The minimum absolute atomic E-state index is 0.0577. The Bertz CT molecular complexity index is 1440. The number of aryl methyl sites for hydroxylation is 1. The molecule has 2 heterocycles. The zero-order chi connectivity index (χ0) is 25.3. The Morgan fingerprint density at radius 2 is 1.74 bits per heavy atom. The molecule has 2 N–H and O–H groups in total. The van der Waals surface area contributed by atoms with Gasteiger partial charge in [0.25, 0.3) is 5.91 Å². The largest absolute Gasteiger partial charge is 0.497 e. The maximum absolute atomic E-state index is 13.1. The zero-order valence-electron chi connectivity index (χ0n) is 19.8. The van der Waals surface area contributed by atoms with Gasteiger partial charge in [-0.3, -0.25) is 9.69 Å². The average Bonchev–Trinajstić information content (AvgIpc) is 3.28. The molecule has 4 rings (SSSR count). The lowest BCUT2D eigenvalue weighted by Crippen LogP contribution is -2.28. The molecule has 2 aromatic carbocycles. The van der Waals surface area contributed by atoms with Crippen molar-refractivity contribution in [3.63, 3.8) is 0 Å². The third-order valence-electron chi connectivity index (χ3n) is 5.68. The highest BCUT2D eigenvalue weighted by atomic mass is 32.2. The Morgan fingerprint density at radius 3 is 2.31 bits per heavy atom. The van der Waals surface area contributed by atoms with Crippen LogP contribution in [0.1, 0.15) is 23.9 Å². The number of ether oxygens (including phenoxy) is 1. The number of nitrogens with two attached hydrogens (primary N) is 1. The molecule has 1 amide bonds. The average molecular weight is 511 g/mol. The molecule has 35 heavy (non-hydrogen) atoms. The van der Waals surface area contributed by atoms with Crippen LogP contribution in [0.15, 0.2) is 69.4 Å². The second-order valence-electron chi connectivity index (χ2n) is 7.95. The number of hydrogen-bond acceptors (Lipinski definition) is 6. The van der Waals surface area contributed by atoms with E-state index in [1.165, 1.54) is 23.9 Å². The topological polar surface area (TPSA) is 107 Å². The molecule has 182 valence electrons. The Labute approximate surface area is 209 Å². The van der Waals surface area contributed by atoms with E-state index >= 15 is 0 Å². The van der Waals surface area contributed by atoms with Crippen LogP contribution < -0.4 is 9.88 Å². The molecular formula is C25H26N4O4S2. The lowest BCUT2D eigenvalue weighted by molar-refractivity contribution is -0.122. The summed E-state index contributed by atoms with van der Waals surface area (Å²) in [4.78, 5) is 20.1. The highest BCUT2D eigenvalue weighted by Crippen LogP contribution is 2.35. The fourth-order valence-corrected chi connectivity index (χ4v) is 5.46. The fraction of sp³-hybridized carbons (Fsp3) is 0.200. The van der Waals surface area contributed by atoms with Gasteiger partial charge < -0.3 is 9.30 Å². The molecule has 8 nitrogen and oxygen atoms in total. The maximum atomic E-state index is 13.1. The van der Waals surface area contributed by atoms with Gasteiger partial charge in [-0.2, -0.15) is 0 Å². The van der Waals surface area contributed by atoms with Crippen molar-refractivity contribution < 1.29 is 17.9 Å². The van der Waals surface area contributed by atoms with Crippen LogP contribution in [0.5, 0.6) is 5.75 Å². The Kier molecular flexibility index (Phi) is 6.88. The monoisotopic (exact) mass is 510 g/mol. The summed E-state index contributed by atoms with van der Waals surface area (Å²) >= 11 is 1.34. The van der Waals surface area contributed by atoms with Crippen molar-refractivity contribution >= 4 is 44.6 Å². The number of amidine groups is 1. The zero-order valence-corrected chi connectivity index (χ0v) is 21.5. The number of rotatable bonds is 6. The van der Waals surface area contributed by atoms with Crippen molar-refractivity contribution in [2.45, 2.75) is 25.7 Å². The summed E-state index contributed by atoms with van der Waals surface area (Å²) < 4.78 is 30.4. The molecule has 0 radical (unpaired) electrons. The van der Waals surface area contributed by atoms with Crippen LogP contribution in [-0.4, -0.2) is 42.6 Å². The second-order valence-corrected chi connectivity index (χ2v) is 10.5. The number of likely N-dealkylation sites (N-methyl/N-ethyl adjacent to an activating group) is 1. The van der Waals surface area contributed by atoms with Gasteiger partial charge in [0.05, 0.1) is 22.6 Å². The quantitative estimate of drug-likeness (QED) is 0.496. The number of primary sulfonamides is 1. The molecule has 0 atom stereocenters. The Hall–Kier alpha value is -3.34. The molecule has 0 aliphatic carbocycles. The highest BCUT2D eigenvalue weighted by Gasteiger charge is 2.32. The van der Waals surface area contributed by atoms with E-state index < -0.39 is 10.0 Å². The van der Waals surface area contributed by atoms with Crippen LogP contribution in [0.3, 0.4) is 0 Å². The number of methoxy groups -OCH3 is 1. The van der Waals surface area contributed by atoms with E-state index in [4.69, 9.17) is 9.88 Å². The van der Waals surface area contributed by atoms with Gasteiger partial charge in [0.15, 0.2) is 5.17 Å². The lowest BCUT2D eigenvalue weighted by Gasteiger charge is -2.12. The normalized spacial score (nSPS) is 16.5. The molecule has 1 aliphatic rings. The van der Waals surface area contributed by atoms with Gasteiger partial charge in [-0.1, -0.05) is 0 Å². The molecule has 10 heteroatoms. The van der Waals surface area contributed by atoms with Gasteiger partial charge in [-0.05, 0) is 98.8 Å². The van der Waals surface area contributed by atoms with E-state index in [2.05, 4.69) is 4.99 Å².